The molecule has 0 heterocycles. The lowest BCUT2D eigenvalue weighted by Crippen LogP contribution is -2.20. The molecule has 0 spiro atoms. The first-order chi connectivity index (χ1) is 15.5. The van der Waals surface area contributed by atoms with Gasteiger partial charge in [-0.25, -0.2) is 10.9 Å². The van der Waals surface area contributed by atoms with Crippen molar-refractivity contribution in [3.05, 3.63) is 70.8 Å². The number of rotatable bonds is 8. The number of hydrazone groups is 2. The largest absolute Gasteiger partial charge is 0.417 e. The van der Waals surface area contributed by atoms with Gasteiger partial charge in [0, 0.05) is 24.0 Å². The molecule has 0 aliphatic carbocycles. The minimum Gasteiger partial charge on any atom is -0.273 e. The Hall–Kier alpha value is -3.70. The highest BCUT2D eigenvalue weighted by molar-refractivity contribution is 5.85. The molecule has 2 aromatic carbocycles. The predicted molar refractivity (Wildman–Crippen MR) is 108 cm³/mol. The number of nitrogens with zero attached hydrogens (tertiary/aromatic N) is 2. The van der Waals surface area contributed by atoms with Crippen molar-refractivity contribution in [2.45, 2.75) is 31.6 Å². The normalized spacial score (nSPS) is 12.3. The van der Waals surface area contributed by atoms with E-state index >= 15 is 0 Å². The van der Waals surface area contributed by atoms with E-state index in [-0.39, 0.29) is 30.4 Å². The second-order valence-electron chi connectivity index (χ2n) is 6.61. The third-order valence-electron chi connectivity index (χ3n) is 4.13. The number of hydrogen-bond acceptors (Lipinski definition) is 4. The van der Waals surface area contributed by atoms with Crippen molar-refractivity contribution in [2.24, 2.45) is 10.2 Å². The number of benzene rings is 2. The third kappa shape index (κ3) is 8.39. The topological polar surface area (TPSA) is 82.9 Å². The molecule has 0 bridgehead atoms. The van der Waals surface area contributed by atoms with E-state index < -0.39 is 35.3 Å². The Morgan fingerprint density at radius 3 is 1.42 bits per heavy atom. The molecule has 0 aromatic heterocycles. The maximum Gasteiger partial charge on any atom is 0.417 e. The number of amides is 2. The van der Waals surface area contributed by atoms with Crippen molar-refractivity contribution in [3.8, 4) is 0 Å². The molecular weight excluding hydrogens is 454 g/mol. The van der Waals surface area contributed by atoms with Crippen LogP contribution in [0.2, 0.25) is 0 Å². The van der Waals surface area contributed by atoms with Gasteiger partial charge in [-0.3, -0.25) is 9.59 Å². The third-order valence-corrected chi connectivity index (χ3v) is 4.13. The molecule has 0 atom stereocenters. The first kappa shape index (κ1) is 25.6. The average Bonchev–Trinajstić information content (AvgIpc) is 2.73. The van der Waals surface area contributed by atoms with Gasteiger partial charge in [0.1, 0.15) is 0 Å². The minimum absolute atomic E-state index is 0.0565. The summed E-state index contributed by atoms with van der Waals surface area (Å²) in [7, 11) is 0. The Morgan fingerprint density at radius 1 is 0.697 bits per heavy atom. The molecule has 0 saturated carbocycles. The summed E-state index contributed by atoms with van der Waals surface area (Å²) < 4.78 is 77.3. The number of hydrogen-bond donors (Lipinski definition) is 2. The van der Waals surface area contributed by atoms with Gasteiger partial charge in [0.2, 0.25) is 11.8 Å². The van der Waals surface area contributed by atoms with Gasteiger partial charge in [-0.15, -0.1) is 0 Å². The molecule has 2 aromatic rings. The van der Waals surface area contributed by atoms with Crippen LogP contribution < -0.4 is 10.9 Å². The van der Waals surface area contributed by atoms with E-state index in [0.29, 0.717) is 0 Å². The van der Waals surface area contributed by atoms with E-state index in [1.807, 2.05) is 0 Å². The van der Waals surface area contributed by atoms with Crippen molar-refractivity contribution < 1.29 is 35.9 Å². The monoisotopic (exact) mass is 472 g/mol. The molecule has 12 heteroatoms. The van der Waals surface area contributed by atoms with Gasteiger partial charge in [-0.05, 0) is 18.6 Å². The zero-order chi connectivity index (χ0) is 24.5. The lowest BCUT2D eigenvalue weighted by atomic mass is 10.1. The molecule has 0 saturated heterocycles. The van der Waals surface area contributed by atoms with Crippen molar-refractivity contribution in [3.63, 3.8) is 0 Å². The highest BCUT2D eigenvalue weighted by atomic mass is 19.4. The van der Waals surface area contributed by atoms with Crippen LogP contribution in [0.5, 0.6) is 0 Å². The van der Waals surface area contributed by atoms with Crippen molar-refractivity contribution in [1.82, 2.24) is 10.9 Å². The van der Waals surface area contributed by atoms with Crippen molar-refractivity contribution >= 4 is 24.2 Å². The fraction of sp³-hybridized carbons (Fsp3) is 0.238. The molecule has 2 rings (SSSR count). The van der Waals surface area contributed by atoms with Gasteiger partial charge in [0.15, 0.2) is 0 Å². The molecule has 176 valence electrons. The summed E-state index contributed by atoms with van der Waals surface area (Å²) in [6.07, 6.45) is -7.68. The lowest BCUT2D eigenvalue weighted by Gasteiger charge is -2.09. The van der Waals surface area contributed by atoms with E-state index in [9.17, 15) is 35.9 Å². The molecular formula is C21H18F6N4O2. The van der Waals surface area contributed by atoms with E-state index in [0.717, 1.165) is 24.6 Å². The van der Waals surface area contributed by atoms with Crippen molar-refractivity contribution in [1.29, 1.82) is 0 Å². The van der Waals surface area contributed by atoms with Crippen LogP contribution in [0.4, 0.5) is 26.3 Å². The zero-order valence-corrected chi connectivity index (χ0v) is 16.9. The maximum atomic E-state index is 12.9. The van der Waals surface area contributed by atoms with Crippen molar-refractivity contribution in [2.75, 3.05) is 0 Å². The summed E-state index contributed by atoms with van der Waals surface area (Å²) in [6.45, 7) is 0. The van der Waals surface area contributed by atoms with Gasteiger partial charge in [-0.1, -0.05) is 36.4 Å². The number of carbonyl (C=O) groups is 2. The maximum absolute atomic E-state index is 12.9. The number of carbonyl (C=O) groups excluding carboxylic acids is 2. The quantitative estimate of drug-likeness (QED) is 0.337. The van der Waals surface area contributed by atoms with E-state index in [2.05, 4.69) is 21.1 Å². The fourth-order valence-corrected chi connectivity index (χ4v) is 2.60. The number of alkyl halides is 6. The summed E-state index contributed by atoms with van der Waals surface area (Å²) in [5, 5.41) is 6.97. The standard InChI is InChI=1S/C21H18F6N4O2/c22-20(23,24)16-8-3-1-6-14(16)12-28-30-18(32)10-5-11-19(33)31-29-13-15-7-2-4-9-17(15)21(25,26)27/h1-4,6-9,12-13H,5,10-11H2,(H,30,32)(H,31,33)/b28-12+,29-13+. The van der Waals surface area contributed by atoms with E-state index in [4.69, 9.17) is 0 Å². The first-order valence-electron chi connectivity index (χ1n) is 9.44. The van der Waals surface area contributed by atoms with Crippen LogP contribution >= 0.6 is 0 Å². The smallest absolute Gasteiger partial charge is 0.273 e. The van der Waals surface area contributed by atoms with E-state index in [1.165, 1.54) is 36.4 Å². The molecule has 6 nitrogen and oxygen atoms in total. The summed E-state index contributed by atoms with van der Waals surface area (Å²) in [4.78, 5) is 23.4. The second kappa shape index (κ2) is 11.2. The summed E-state index contributed by atoms with van der Waals surface area (Å²) in [5.74, 6) is -1.27. The summed E-state index contributed by atoms with van der Waals surface area (Å²) in [6, 6.07) is 9.37. The van der Waals surface area contributed by atoms with Crippen LogP contribution in [0.3, 0.4) is 0 Å². The highest BCUT2D eigenvalue weighted by Gasteiger charge is 2.33. The number of nitrogens with one attached hydrogen (secondary N) is 2. The Bertz CT molecular complexity index is 950. The van der Waals surface area contributed by atoms with E-state index in [1.54, 1.807) is 0 Å². The Balaban J connectivity index is 1.77. The average molecular weight is 472 g/mol. The first-order valence-corrected chi connectivity index (χ1v) is 9.44. The van der Waals surface area contributed by atoms with Gasteiger partial charge >= 0.3 is 12.4 Å². The predicted octanol–water partition coefficient (Wildman–Crippen LogP) is 4.49. The van der Waals surface area contributed by atoms with Gasteiger partial charge in [-0.2, -0.15) is 36.5 Å². The molecule has 0 aliphatic heterocycles. The molecule has 0 unspecified atom stereocenters. The van der Waals surface area contributed by atoms with Crippen LogP contribution in [0.1, 0.15) is 41.5 Å². The lowest BCUT2D eigenvalue weighted by molar-refractivity contribution is -0.138. The second-order valence-corrected chi connectivity index (χ2v) is 6.61. The van der Waals surface area contributed by atoms with Crippen LogP contribution in [-0.2, 0) is 21.9 Å². The van der Waals surface area contributed by atoms with Gasteiger partial charge < -0.3 is 0 Å². The summed E-state index contributed by atoms with van der Waals surface area (Å²) >= 11 is 0. The minimum atomic E-state index is -4.57. The molecule has 0 radical (unpaired) electrons. The van der Waals surface area contributed by atoms with Crippen LogP contribution in [0.25, 0.3) is 0 Å². The van der Waals surface area contributed by atoms with Crippen LogP contribution in [0, 0.1) is 0 Å². The Labute approximate surface area is 184 Å². The van der Waals surface area contributed by atoms with Crippen LogP contribution in [-0.4, -0.2) is 24.2 Å². The molecule has 2 N–H and O–H groups in total. The summed E-state index contributed by atoms with van der Waals surface area (Å²) in [5.41, 5.74) is 1.86. The molecule has 0 aliphatic rings. The van der Waals surface area contributed by atoms with Crippen LogP contribution in [0.15, 0.2) is 58.7 Å². The Kier molecular flexibility index (Phi) is 8.71. The molecule has 0 fully saturated rings. The zero-order valence-electron chi connectivity index (χ0n) is 16.9. The highest BCUT2D eigenvalue weighted by Crippen LogP contribution is 2.31. The Morgan fingerprint density at radius 2 is 1.06 bits per heavy atom. The van der Waals surface area contributed by atoms with Gasteiger partial charge in [0.25, 0.3) is 0 Å². The molecule has 2 amide bonds. The SMILES string of the molecule is O=C(CCCC(=O)N/N=C/c1ccccc1C(F)(F)F)N/N=C/c1ccccc1C(F)(F)F. The molecule has 33 heavy (non-hydrogen) atoms. The van der Waals surface area contributed by atoms with Gasteiger partial charge in [0.05, 0.1) is 23.6 Å². The fourth-order valence-electron chi connectivity index (χ4n) is 2.60. The number of halogens is 6.